The second kappa shape index (κ2) is 9.06. The van der Waals surface area contributed by atoms with Crippen LogP contribution >= 0.6 is 0 Å². The molecule has 0 fully saturated rings. The molecule has 0 saturated carbocycles. The highest BCUT2D eigenvalue weighted by atomic mass is 16.5. The summed E-state index contributed by atoms with van der Waals surface area (Å²) in [7, 11) is 3.27. The maximum Gasteiger partial charge on any atom is 0.258 e. The number of rotatable bonds is 8. The van der Waals surface area contributed by atoms with Crippen molar-refractivity contribution in [1.82, 2.24) is 14.8 Å². The lowest BCUT2D eigenvalue weighted by Crippen LogP contribution is -2.83. The highest BCUT2D eigenvalue weighted by molar-refractivity contribution is 5.80. The number of H-pyrrole nitrogens is 1. The lowest BCUT2D eigenvalue weighted by Gasteiger charge is -2.09. The molecule has 2 heterocycles. The molecule has 7 heteroatoms. The molecule has 3 N–H and O–H groups in total. The molecular formula is C24H27N4O3+. The van der Waals surface area contributed by atoms with Gasteiger partial charge in [0.05, 0.1) is 37.7 Å². The average molecular weight is 420 g/mol. The van der Waals surface area contributed by atoms with Crippen LogP contribution in [0.3, 0.4) is 0 Å². The van der Waals surface area contributed by atoms with Gasteiger partial charge in [0.2, 0.25) is 0 Å². The van der Waals surface area contributed by atoms with Crippen molar-refractivity contribution in [1.29, 1.82) is 0 Å². The molecule has 0 bridgehead atoms. The molecule has 0 atom stereocenters. The summed E-state index contributed by atoms with van der Waals surface area (Å²) in [6, 6.07) is 17.7. The summed E-state index contributed by atoms with van der Waals surface area (Å²) in [6.07, 6.45) is 0.867. The Morgan fingerprint density at radius 2 is 1.81 bits per heavy atom. The Morgan fingerprint density at radius 3 is 2.55 bits per heavy atom. The third-order valence-corrected chi connectivity index (χ3v) is 5.40. The number of pyridine rings is 1. The Bertz CT molecular complexity index is 1250. The van der Waals surface area contributed by atoms with E-state index in [4.69, 9.17) is 9.47 Å². The number of methoxy groups -OCH3 is 2. The van der Waals surface area contributed by atoms with Gasteiger partial charge in [-0.25, -0.2) is 4.68 Å². The number of benzene rings is 2. The van der Waals surface area contributed by atoms with Gasteiger partial charge in [-0.1, -0.05) is 24.3 Å². The van der Waals surface area contributed by atoms with Gasteiger partial charge in [-0.2, -0.15) is 5.10 Å². The summed E-state index contributed by atoms with van der Waals surface area (Å²) >= 11 is 0. The number of nitrogens with one attached hydrogen (secondary N) is 1. The molecule has 4 rings (SSSR count). The van der Waals surface area contributed by atoms with Crippen LogP contribution in [0.1, 0.15) is 16.8 Å². The van der Waals surface area contributed by atoms with Crippen LogP contribution in [-0.2, 0) is 13.0 Å². The van der Waals surface area contributed by atoms with Crippen molar-refractivity contribution in [2.45, 2.75) is 19.9 Å². The number of ether oxygens (including phenoxy) is 2. The Kier molecular flexibility index (Phi) is 6.04. The molecule has 2 aromatic carbocycles. The smallest absolute Gasteiger partial charge is 0.258 e. The van der Waals surface area contributed by atoms with E-state index >= 15 is 0 Å². The average Bonchev–Trinajstić information content (AvgIpc) is 3.12. The molecule has 160 valence electrons. The number of nitrogens with two attached hydrogens (primary N) is 1. The molecule has 7 nitrogen and oxygen atoms in total. The third-order valence-electron chi connectivity index (χ3n) is 5.40. The quantitative estimate of drug-likeness (QED) is 0.429. The molecule has 2 aromatic heterocycles. The predicted octanol–water partition coefficient (Wildman–Crippen LogP) is 2.35. The standard InChI is InChI=1S/C24H26N4O3/c1-16-20-14-18(15-25-12-11-17-9-10-21(30-2)22(13-17)31-3)24(29)26-23(20)28(27-16)19-7-5-4-6-8-19/h4-10,13-14,25H,11-12,15H2,1-3H3,(H,26,29)/p+1. The minimum Gasteiger partial charge on any atom is -0.493 e. The van der Waals surface area contributed by atoms with Gasteiger partial charge >= 0.3 is 0 Å². The van der Waals surface area contributed by atoms with Crippen molar-refractivity contribution in [3.8, 4) is 17.2 Å². The first-order chi connectivity index (χ1) is 15.1. The van der Waals surface area contributed by atoms with Gasteiger partial charge in [0, 0.05) is 11.8 Å². The van der Waals surface area contributed by atoms with Gasteiger partial charge in [0.25, 0.3) is 5.56 Å². The molecule has 31 heavy (non-hydrogen) atoms. The normalized spacial score (nSPS) is 11.1. The fourth-order valence-electron chi connectivity index (χ4n) is 3.73. The van der Waals surface area contributed by atoms with Gasteiger partial charge < -0.3 is 19.8 Å². The number of aromatic amines is 1. The van der Waals surface area contributed by atoms with Crippen LogP contribution < -0.4 is 20.3 Å². The Labute approximate surface area is 180 Å². The number of hydrogen-bond acceptors (Lipinski definition) is 4. The summed E-state index contributed by atoms with van der Waals surface area (Å²) in [5.41, 5.74) is 4.37. The molecule has 0 aliphatic carbocycles. The van der Waals surface area contributed by atoms with Crippen LogP contribution in [0.4, 0.5) is 0 Å². The predicted molar refractivity (Wildman–Crippen MR) is 120 cm³/mol. The first-order valence-corrected chi connectivity index (χ1v) is 10.3. The van der Waals surface area contributed by atoms with Crippen molar-refractivity contribution in [3.05, 3.63) is 81.8 Å². The van der Waals surface area contributed by atoms with Crippen LogP contribution in [0.5, 0.6) is 11.5 Å². The number of quaternary nitrogens is 1. The van der Waals surface area contributed by atoms with Crippen LogP contribution in [0.15, 0.2) is 59.4 Å². The lowest BCUT2D eigenvalue weighted by molar-refractivity contribution is -0.670. The number of aryl methyl sites for hydroxylation is 1. The zero-order valence-corrected chi connectivity index (χ0v) is 18.0. The van der Waals surface area contributed by atoms with E-state index < -0.39 is 0 Å². The number of para-hydroxylation sites is 1. The largest absolute Gasteiger partial charge is 0.493 e. The minimum absolute atomic E-state index is 0.0769. The van der Waals surface area contributed by atoms with Crippen LogP contribution in [-0.4, -0.2) is 35.5 Å². The van der Waals surface area contributed by atoms with Gasteiger partial charge in [-0.05, 0) is 42.8 Å². The highest BCUT2D eigenvalue weighted by Crippen LogP contribution is 2.27. The topological polar surface area (TPSA) is 85.8 Å². The summed E-state index contributed by atoms with van der Waals surface area (Å²) in [4.78, 5) is 15.7. The van der Waals surface area contributed by atoms with Crippen molar-refractivity contribution < 1.29 is 14.8 Å². The summed E-state index contributed by atoms with van der Waals surface area (Å²) in [5.74, 6) is 1.45. The number of aromatic nitrogens is 3. The van der Waals surface area contributed by atoms with Gasteiger partial charge in [0.1, 0.15) is 12.2 Å². The zero-order valence-electron chi connectivity index (χ0n) is 18.0. The Balaban J connectivity index is 1.46. The first kappa shape index (κ1) is 20.7. The van der Waals surface area contributed by atoms with Crippen LogP contribution in [0.2, 0.25) is 0 Å². The second-order valence-corrected chi connectivity index (χ2v) is 7.44. The summed E-state index contributed by atoms with van der Waals surface area (Å²) in [6.45, 7) is 3.42. The van der Waals surface area contributed by atoms with E-state index in [1.807, 2.05) is 61.5 Å². The van der Waals surface area contributed by atoms with E-state index in [2.05, 4.69) is 15.4 Å². The SMILES string of the molecule is COc1ccc(CC[NH2+]Cc2cc3c(C)nn(-c4ccccc4)c3[nH]c2=O)cc1OC. The van der Waals surface area contributed by atoms with Gasteiger partial charge in [0.15, 0.2) is 11.5 Å². The third kappa shape index (κ3) is 4.32. The molecule has 0 saturated heterocycles. The van der Waals surface area contributed by atoms with E-state index in [-0.39, 0.29) is 5.56 Å². The van der Waals surface area contributed by atoms with Gasteiger partial charge in [-0.3, -0.25) is 4.79 Å². The van der Waals surface area contributed by atoms with Crippen molar-refractivity contribution in [2.24, 2.45) is 0 Å². The summed E-state index contributed by atoms with van der Waals surface area (Å²) < 4.78 is 12.4. The number of fused-ring (bicyclic) bond motifs is 1. The molecule has 0 aliphatic heterocycles. The van der Waals surface area contributed by atoms with E-state index in [1.165, 1.54) is 5.56 Å². The highest BCUT2D eigenvalue weighted by Gasteiger charge is 2.13. The maximum absolute atomic E-state index is 12.7. The second-order valence-electron chi connectivity index (χ2n) is 7.44. The molecule has 4 aromatic rings. The van der Waals surface area contributed by atoms with E-state index in [0.717, 1.165) is 52.4 Å². The van der Waals surface area contributed by atoms with Crippen molar-refractivity contribution in [3.63, 3.8) is 0 Å². The zero-order chi connectivity index (χ0) is 21.8. The first-order valence-electron chi connectivity index (χ1n) is 10.3. The molecule has 0 radical (unpaired) electrons. The van der Waals surface area contributed by atoms with E-state index in [0.29, 0.717) is 6.54 Å². The molecule has 0 spiro atoms. The van der Waals surface area contributed by atoms with Crippen molar-refractivity contribution in [2.75, 3.05) is 20.8 Å². The minimum atomic E-state index is -0.0769. The monoisotopic (exact) mass is 419 g/mol. The molecule has 0 amide bonds. The van der Waals surface area contributed by atoms with Crippen LogP contribution in [0, 0.1) is 6.92 Å². The van der Waals surface area contributed by atoms with E-state index in [1.54, 1.807) is 18.9 Å². The fraction of sp³-hybridized carbons (Fsp3) is 0.250. The van der Waals surface area contributed by atoms with Crippen LogP contribution in [0.25, 0.3) is 16.7 Å². The Hall–Kier alpha value is -3.58. The molecule has 0 aliphatic rings. The Morgan fingerprint density at radius 1 is 1.03 bits per heavy atom. The molecule has 0 unspecified atom stereocenters. The number of nitrogens with zero attached hydrogens (tertiary/aromatic N) is 2. The summed E-state index contributed by atoms with van der Waals surface area (Å²) in [5, 5.41) is 7.73. The van der Waals surface area contributed by atoms with Crippen molar-refractivity contribution >= 4 is 11.0 Å². The fourth-order valence-corrected chi connectivity index (χ4v) is 3.73. The van der Waals surface area contributed by atoms with E-state index in [9.17, 15) is 4.79 Å². The number of hydrogen-bond donors (Lipinski definition) is 2. The maximum atomic E-state index is 12.7. The lowest BCUT2D eigenvalue weighted by atomic mass is 10.1. The molecular weight excluding hydrogens is 392 g/mol. The van der Waals surface area contributed by atoms with Gasteiger partial charge in [-0.15, -0.1) is 0 Å².